The summed E-state index contributed by atoms with van der Waals surface area (Å²) in [4.78, 5) is 23.7. The Labute approximate surface area is 110 Å². The molecule has 0 aromatic carbocycles. The van der Waals surface area contributed by atoms with Crippen molar-refractivity contribution in [1.29, 1.82) is 0 Å². The van der Waals surface area contributed by atoms with Crippen molar-refractivity contribution in [3.63, 3.8) is 0 Å². The van der Waals surface area contributed by atoms with Gasteiger partial charge in [0.2, 0.25) is 0 Å². The second kappa shape index (κ2) is 7.39. The first-order valence-electron chi connectivity index (χ1n) is 6.75. The summed E-state index contributed by atoms with van der Waals surface area (Å²) in [5.41, 5.74) is -0.898. The summed E-state index contributed by atoms with van der Waals surface area (Å²) in [6.45, 7) is 9.70. The topological polar surface area (TPSA) is 63.6 Å². The summed E-state index contributed by atoms with van der Waals surface area (Å²) in [6, 6.07) is 0. The van der Waals surface area contributed by atoms with Crippen molar-refractivity contribution < 1.29 is 19.4 Å². The minimum atomic E-state index is -0.909. The fourth-order valence-electron chi connectivity index (χ4n) is 2.71. The second-order valence-corrected chi connectivity index (χ2v) is 5.13. The fraction of sp³-hybridized carbons (Fsp3) is 0.857. The van der Waals surface area contributed by atoms with Crippen LogP contribution in [-0.4, -0.2) is 23.7 Å². The molecule has 0 aliphatic rings. The molecule has 1 N–H and O–H groups in total. The van der Waals surface area contributed by atoms with Crippen LogP contribution >= 0.6 is 0 Å². The van der Waals surface area contributed by atoms with Gasteiger partial charge in [-0.25, -0.2) is 0 Å². The monoisotopic (exact) mass is 258 g/mol. The Kier molecular flexibility index (Phi) is 6.96. The van der Waals surface area contributed by atoms with Crippen LogP contribution in [0.4, 0.5) is 0 Å². The van der Waals surface area contributed by atoms with Crippen molar-refractivity contribution in [2.45, 2.75) is 53.9 Å². The molecule has 0 aromatic heterocycles. The molecule has 2 unspecified atom stereocenters. The van der Waals surface area contributed by atoms with Crippen LogP contribution in [-0.2, 0) is 14.3 Å². The van der Waals surface area contributed by atoms with E-state index in [4.69, 9.17) is 4.74 Å². The Balaban J connectivity index is 5.45. The van der Waals surface area contributed by atoms with Crippen LogP contribution in [0.2, 0.25) is 0 Å². The highest BCUT2D eigenvalue weighted by Gasteiger charge is 2.48. The minimum absolute atomic E-state index is 0.253. The molecule has 18 heavy (non-hydrogen) atoms. The molecule has 0 radical (unpaired) electrons. The lowest BCUT2D eigenvalue weighted by atomic mass is 9.67. The van der Waals surface area contributed by atoms with Crippen LogP contribution in [0.5, 0.6) is 0 Å². The van der Waals surface area contributed by atoms with Crippen molar-refractivity contribution in [2.75, 3.05) is 6.61 Å². The maximum Gasteiger partial charge on any atom is 0.312 e. The highest BCUT2D eigenvalue weighted by atomic mass is 16.5. The molecule has 0 aliphatic heterocycles. The molecule has 0 saturated carbocycles. The summed E-state index contributed by atoms with van der Waals surface area (Å²) in [5.74, 6) is -1.70. The van der Waals surface area contributed by atoms with Gasteiger partial charge in [0, 0.05) is 0 Å². The molecular weight excluding hydrogens is 232 g/mol. The Hall–Kier alpha value is -1.06. The molecule has 2 atom stereocenters. The van der Waals surface area contributed by atoms with E-state index in [2.05, 4.69) is 0 Å². The van der Waals surface area contributed by atoms with E-state index in [0.717, 1.165) is 0 Å². The lowest BCUT2D eigenvalue weighted by molar-refractivity contribution is -0.169. The molecule has 0 heterocycles. The third-order valence-electron chi connectivity index (χ3n) is 3.46. The van der Waals surface area contributed by atoms with Crippen molar-refractivity contribution in [2.24, 2.45) is 17.3 Å². The lowest BCUT2D eigenvalue weighted by Crippen LogP contribution is -2.44. The van der Waals surface area contributed by atoms with Crippen molar-refractivity contribution >= 4 is 11.9 Å². The number of carbonyl (C=O) groups excluding carboxylic acids is 1. The van der Waals surface area contributed by atoms with Crippen LogP contribution in [0.15, 0.2) is 0 Å². The zero-order valence-electron chi connectivity index (χ0n) is 12.2. The number of aliphatic carboxylic acids is 1. The number of hydrogen-bond acceptors (Lipinski definition) is 3. The van der Waals surface area contributed by atoms with Crippen LogP contribution in [0, 0.1) is 17.3 Å². The van der Waals surface area contributed by atoms with Crippen LogP contribution in [0.25, 0.3) is 0 Å². The zero-order chi connectivity index (χ0) is 14.3. The van der Waals surface area contributed by atoms with E-state index >= 15 is 0 Å². The van der Waals surface area contributed by atoms with Crippen LogP contribution in [0.3, 0.4) is 0 Å². The Morgan fingerprint density at radius 3 is 2.06 bits per heavy atom. The number of carboxylic acid groups (broad SMARTS) is 1. The predicted octanol–water partition coefficient (Wildman–Crippen LogP) is 3.10. The molecular formula is C14H26O4. The average molecular weight is 258 g/mol. The number of rotatable bonds is 8. The summed E-state index contributed by atoms with van der Waals surface area (Å²) >= 11 is 0. The first-order valence-corrected chi connectivity index (χ1v) is 6.75. The Bertz CT molecular complexity index is 286. The Morgan fingerprint density at radius 1 is 1.22 bits per heavy atom. The van der Waals surface area contributed by atoms with E-state index < -0.39 is 17.3 Å². The normalized spacial score (nSPS) is 16.1. The number of carboxylic acids is 1. The number of esters is 1. The molecule has 0 saturated heterocycles. The summed E-state index contributed by atoms with van der Waals surface area (Å²) in [7, 11) is 0. The predicted molar refractivity (Wildman–Crippen MR) is 70.2 cm³/mol. The van der Waals surface area contributed by atoms with Gasteiger partial charge >= 0.3 is 11.9 Å². The standard InChI is InChI=1S/C14H26O4/c1-6-11(12(15)16)14(7-2,9-10(4)5)13(17)18-8-3/h10-11H,6-9H2,1-5H3,(H,15,16). The maximum absolute atomic E-state index is 12.3. The van der Waals surface area contributed by atoms with E-state index in [0.29, 0.717) is 19.3 Å². The van der Waals surface area contributed by atoms with E-state index in [1.807, 2.05) is 27.7 Å². The van der Waals surface area contributed by atoms with Gasteiger partial charge in [-0.05, 0) is 32.1 Å². The number of carbonyl (C=O) groups is 2. The van der Waals surface area contributed by atoms with Gasteiger partial charge in [0.05, 0.1) is 17.9 Å². The molecule has 0 aromatic rings. The smallest absolute Gasteiger partial charge is 0.312 e. The van der Waals surface area contributed by atoms with Gasteiger partial charge in [-0.1, -0.05) is 27.7 Å². The quantitative estimate of drug-likeness (QED) is 0.679. The van der Waals surface area contributed by atoms with E-state index in [9.17, 15) is 14.7 Å². The summed E-state index contributed by atoms with van der Waals surface area (Å²) in [5, 5.41) is 9.36. The minimum Gasteiger partial charge on any atom is -0.481 e. The first kappa shape index (κ1) is 16.9. The average Bonchev–Trinajstić information content (AvgIpc) is 2.27. The molecule has 106 valence electrons. The van der Waals surface area contributed by atoms with E-state index in [1.54, 1.807) is 6.92 Å². The van der Waals surface area contributed by atoms with Crippen molar-refractivity contribution in [1.82, 2.24) is 0 Å². The van der Waals surface area contributed by atoms with Crippen molar-refractivity contribution in [3.05, 3.63) is 0 Å². The third kappa shape index (κ3) is 3.72. The lowest BCUT2D eigenvalue weighted by Gasteiger charge is -2.36. The number of hydrogen-bond donors (Lipinski definition) is 1. The largest absolute Gasteiger partial charge is 0.481 e. The molecule has 0 bridgehead atoms. The fourth-order valence-corrected chi connectivity index (χ4v) is 2.71. The zero-order valence-corrected chi connectivity index (χ0v) is 12.2. The van der Waals surface area contributed by atoms with Crippen LogP contribution in [0.1, 0.15) is 53.9 Å². The molecule has 0 aliphatic carbocycles. The van der Waals surface area contributed by atoms with Crippen LogP contribution < -0.4 is 0 Å². The van der Waals surface area contributed by atoms with Gasteiger partial charge < -0.3 is 9.84 Å². The Morgan fingerprint density at radius 2 is 1.78 bits per heavy atom. The molecule has 0 rings (SSSR count). The SMILES string of the molecule is CCOC(=O)C(CC)(CC(C)C)C(CC)C(=O)O. The molecule has 0 fully saturated rings. The van der Waals surface area contributed by atoms with Gasteiger partial charge in [-0.15, -0.1) is 0 Å². The second-order valence-electron chi connectivity index (χ2n) is 5.13. The molecule has 0 spiro atoms. The summed E-state index contributed by atoms with van der Waals surface area (Å²) < 4.78 is 5.13. The highest BCUT2D eigenvalue weighted by molar-refractivity contribution is 5.84. The van der Waals surface area contributed by atoms with Gasteiger partial charge in [0.1, 0.15) is 0 Å². The van der Waals surface area contributed by atoms with Crippen molar-refractivity contribution in [3.8, 4) is 0 Å². The van der Waals surface area contributed by atoms with E-state index in [-0.39, 0.29) is 18.5 Å². The third-order valence-corrected chi connectivity index (χ3v) is 3.46. The molecule has 4 nitrogen and oxygen atoms in total. The van der Waals surface area contributed by atoms with Gasteiger partial charge in [-0.2, -0.15) is 0 Å². The van der Waals surface area contributed by atoms with Gasteiger partial charge in [0.15, 0.2) is 0 Å². The van der Waals surface area contributed by atoms with E-state index in [1.165, 1.54) is 0 Å². The van der Waals surface area contributed by atoms with Gasteiger partial charge in [0.25, 0.3) is 0 Å². The number of ether oxygens (including phenoxy) is 1. The summed E-state index contributed by atoms with van der Waals surface area (Å²) in [6.07, 6.45) is 1.48. The maximum atomic E-state index is 12.3. The first-order chi connectivity index (χ1) is 8.35. The van der Waals surface area contributed by atoms with Gasteiger partial charge in [-0.3, -0.25) is 9.59 Å². The molecule has 0 amide bonds. The molecule has 4 heteroatoms. The highest BCUT2D eigenvalue weighted by Crippen LogP contribution is 2.41.